The van der Waals surface area contributed by atoms with Gasteiger partial charge in [0.25, 0.3) is 11.8 Å². The number of carbonyl (C=O) groups is 2. The molecule has 2 aromatic carbocycles. The Morgan fingerprint density at radius 3 is 2.63 bits per heavy atom. The predicted molar refractivity (Wildman–Crippen MR) is 98.5 cm³/mol. The lowest BCUT2D eigenvalue weighted by Crippen LogP contribution is -2.32. The van der Waals surface area contributed by atoms with Gasteiger partial charge in [0.15, 0.2) is 11.5 Å². The number of carbonyl (C=O) groups excluding carboxylic acids is 2. The Bertz CT molecular complexity index is 967. The van der Waals surface area contributed by atoms with Crippen molar-refractivity contribution in [3.8, 4) is 17.2 Å². The fourth-order valence-corrected chi connectivity index (χ4v) is 3.20. The lowest BCUT2D eigenvalue weighted by molar-refractivity contribution is -0.136. The van der Waals surface area contributed by atoms with Crippen LogP contribution in [0.1, 0.15) is 12.5 Å². The number of hydrogen-bond acceptors (Lipinski definition) is 6. The first kappa shape index (κ1) is 17.0. The topological polar surface area (TPSA) is 77.1 Å². The van der Waals surface area contributed by atoms with Crippen molar-refractivity contribution in [2.45, 2.75) is 6.92 Å². The van der Waals surface area contributed by atoms with E-state index in [1.807, 2.05) is 6.07 Å². The van der Waals surface area contributed by atoms with Crippen molar-refractivity contribution in [3.05, 3.63) is 53.7 Å². The van der Waals surface area contributed by atoms with Crippen LogP contribution in [0.2, 0.25) is 0 Å². The lowest BCUT2D eigenvalue weighted by atomic mass is 10.0. The number of likely N-dealkylation sites (N-methyl/N-ethyl adjacent to an activating group) is 1. The largest absolute Gasteiger partial charge is 0.496 e. The number of imide groups is 1. The van der Waals surface area contributed by atoms with Gasteiger partial charge in [0.2, 0.25) is 6.79 Å². The van der Waals surface area contributed by atoms with Gasteiger partial charge in [0.05, 0.1) is 12.7 Å². The van der Waals surface area contributed by atoms with E-state index in [1.54, 1.807) is 43.3 Å². The molecule has 0 fully saturated rings. The van der Waals surface area contributed by atoms with Gasteiger partial charge in [0.1, 0.15) is 11.4 Å². The maximum Gasteiger partial charge on any atom is 0.278 e. The first-order valence-electron chi connectivity index (χ1n) is 8.54. The highest BCUT2D eigenvalue weighted by Gasteiger charge is 2.39. The average molecular weight is 366 g/mol. The molecular weight excluding hydrogens is 348 g/mol. The van der Waals surface area contributed by atoms with E-state index in [4.69, 9.17) is 14.2 Å². The third-order valence-corrected chi connectivity index (χ3v) is 4.50. The molecule has 2 aromatic rings. The minimum absolute atomic E-state index is 0.162. The van der Waals surface area contributed by atoms with Crippen LogP contribution in [0.4, 0.5) is 5.69 Å². The second kappa shape index (κ2) is 6.68. The fraction of sp³-hybridized carbons (Fsp3) is 0.200. The third kappa shape index (κ3) is 2.77. The molecule has 0 unspecified atom stereocenters. The minimum atomic E-state index is -0.374. The maximum atomic E-state index is 12.9. The van der Waals surface area contributed by atoms with Crippen molar-refractivity contribution < 1.29 is 23.8 Å². The molecule has 2 amide bonds. The second-order valence-corrected chi connectivity index (χ2v) is 6.00. The first-order valence-corrected chi connectivity index (χ1v) is 8.54. The molecule has 27 heavy (non-hydrogen) atoms. The fourth-order valence-electron chi connectivity index (χ4n) is 3.20. The molecule has 7 nitrogen and oxygen atoms in total. The number of benzene rings is 2. The van der Waals surface area contributed by atoms with E-state index in [0.717, 1.165) is 0 Å². The third-order valence-electron chi connectivity index (χ3n) is 4.50. The second-order valence-electron chi connectivity index (χ2n) is 6.00. The zero-order valence-corrected chi connectivity index (χ0v) is 14.9. The van der Waals surface area contributed by atoms with E-state index in [1.165, 1.54) is 12.0 Å². The Labute approximate surface area is 156 Å². The van der Waals surface area contributed by atoms with Crippen molar-refractivity contribution >= 4 is 23.1 Å². The molecule has 0 atom stereocenters. The molecule has 7 heteroatoms. The minimum Gasteiger partial charge on any atom is -0.496 e. The smallest absolute Gasteiger partial charge is 0.278 e. The normalized spacial score (nSPS) is 15.6. The molecule has 0 spiro atoms. The Balaban J connectivity index is 1.81. The molecule has 2 aliphatic rings. The average Bonchev–Trinajstić information content (AvgIpc) is 3.24. The van der Waals surface area contributed by atoms with Gasteiger partial charge < -0.3 is 19.5 Å². The molecule has 2 aliphatic heterocycles. The molecule has 0 bridgehead atoms. The van der Waals surface area contributed by atoms with E-state index in [0.29, 0.717) is 28.5 Å². The van der Waals surface area contributed by atoms with E-state index in [2.05, 4.69) is 5.32 Å². The lowest BCUT2D eigenvalue weighted by Gasteiger charge is -2.12. The predicted octanol–water partition coefficient (Wildman–Crippen LogP) is 2.64. The van der Waals surface area contributed by atoms with Gasteiger partial charge in [-0.2, -0.15) is 0 Å². The van der Waals surface area contributed by atoms with Gasteiger partial charge in [-0.15, -0.1) is 0 Å². The van der Waals surface area contributed by atoms with Crippen LogP contribution in [-0.2, 0) is 9.59 Å². The van der Waals surface area contributed by atoms with Crippen LogP contribution in [0.5, 0.6) is 17.2 Å². The zero-order chi connectivity index (χ0) is 19.0. The Morgan fingerprint density at radius 1 is 1.07 bits per heavy atom. The number of para-hydroxylation sites is 1. The molecule has 4 rings (SSSR count). The summed E-state index contributed by atoms with van der Waals surface area (Å²) in [7, 11) is 1.53. The number of fused-ring (bicyclic) bond motifs is 1. The highest BCUT2D eigenvalue weighted by Crippen LogP contribution is 2.38. The SMILES string of the molecule is CCN1C(=O)C(Nc2ccc3c(c2)OCO3)=C(c2ccccc2OC)C1=O. The highest BCUT2D eigenvalue weighted by molar-refractivity contribution is 6.37. The molecule has 0 aromatic heterocycles. The molecule has 138 valence electrons. The summed E-state index contributed by atoms with van der Waals surface area (Å²) in [6.07, 6.45) is 0. The number of anilines is 1. The molecule has 0 saturated carbocycles. The monoisotopic (exact) mass is 366 g/mol. The van der Waals surface area contributed by atoms with Gasteiger partial charge >= 0.3 is 0 Å². The van der Waals surface area contributed by atoms with Crippen LogP contribution in [0, 0.1) is 0 Å². The van der Waals surface area contributed by atoms with Crippen molar-refractivity contribution in [3.63, 3.8) is 0 Å². The Morgan fingerprint density at radius 2 is 1.85 bits per heavy atom. The van der Waals surface area contributed by atoms with Crippen LogP contribution in [0.15, 0.2) is 48.2 Å². The number of amides is 2. The van der Waals surface area contributed by atoms with Crippen molar-refractivity contribution in [1.29, 1.82) is 0 Å². The quantitative estimate of drug-likeness (QED) is 0.820. The molecule has 2 heterocycles. The molecule has 0 radical (unpaired) electrons. The Hall–Kier alpha value is -3.48. The number of nitrogens with one attached hydrogen (secondary N) is 1. The standard InChI is InChI=1S/C20H18N2O5/c1-3-22-19(23)17(13-6-4-5-7-14(13)25-2)18(20(22)24)21-12-8-9-15-16(10-12)27-11-26-15/h4-10,21H,3,11H2,1-2H3. The van der Waals surface area contributed by atoms with E-state index in [9.17, 15) is 9.59 Å². The number of hydrogen-bond donors (Lipinski definition) is 1. The summed E-state index contributed by atoms with van der Waals surface area (Å²) in [5.41, 5.74) is 1.69. The highest BCUT2D eigenvalue weighted by atomic mass is 16.7. The first-order chi connectivity index (χ1) is 13.1. The molecular formula is C20H18N2O5. The number of nitrogens with zero attached hydrogens (tertiary/aromatic N) is 1. The van der Waals surface area contributed by atoms with E-state index < -0.39 is 0 Å². The van der Waals surface area contributed by atoms with Crippen molar-refractivity contribution in [2.75, 3.05) is 25.8 Å². The maximum absolute atomic E-state index is 12.9. The number of methoxy groups -OCH3 is 1. The van der Waals surface area contributed by atoms with Crippen LogP contribution < -0.4 is 19.5 Å². The van der Waals surface area contributed by atoms with Crippen LogP contribution in [0.25, 0.3) is 5.57 Å². The van der Waals surface area contributed by atoms with Crippen LogP contribution in [0.3, 0.4) is 0 Å². The summed E-state index contributed by atoms with van der Waals surface area (Å²) in [6, 6.07) is 12.4. The van der Waals surface area contributed by atoms with Gasteiger partial charge in [-0.05, 0) is 25.1 Å². The molecule has 0 saturated heterocycles. The van der Waals surface area contributed by atoms with Gasteiger partial charge in [-0.1, -0.05) is 18.2 Å². The van der Waals surface area contributed by atoms with Gasteiger partial charge in [-0.25, -0.2) is 0 Å². The van der Waals surface area contributed by atoms with Gasteiger partial charge in [0, 0.05) is 23.9 Å². The number of rotatable bonds is 5. The van der Waals surface area contributed by atoms with Crippen LogP contribution in [-0.4, -0.2) is 37.2 Å². The summed E-state index contributed by atoms with van der Waals surface area (Å²) in [5, 5.41) is 3.09. The van der Waals surface area contributed by atoms with E-state index in [-0.39, 0.29) is 36.4 Å². The number of ether oxygens (including phenoxy) is 3. The van der Waals surface area contributed by atoms with E-state index >= 15 is 0 Å². The summed E-state index contributed by atoms with van der Waals surface area (Å²) in [6.45, 7) is 2.21. The summed E-state index contributed by atoms with van der Waals surface area (Å²) in [5.74, 6) is 1.03. The summed E-state index contributed by atoms with van der Waals surface area (Å²) >= 11 is 0. The summed E-state index contributed by atoms with van der Waals surface area (Å²) in [4.78, 5) is 27.0. The molecule has 1 N–H and O–H groups in total. The molecule has 0 aliphatic carbocycles. The van der Waals surface area contributed by atoms with Crippen LogP contribution >= 0.6 is 0 Å². The van der Waals surface area contributed by atoms with Crippen molar-refractivity contribution in [1.82, 2.24) is 4.90 Å². The summed E-state index contributed by atoms with van der Waals surface area (Å²) < 4.78 is 16.1. The Kier molecular flexibility index (Phi) is 4.19. The van der Waals surface area contributed by atoms with Crippen molar-refractivity contribution in [2.24, 2.45) is 0 Å². The zero-order valence-electron chi connectivity index (χ0n) is 14.9. The van der Waals surface area contributed by atoms with Gasteiger partial charge in [-0.3, -0.25) is 14.5 Å².